The number of hydrogen-bond donors (Lipinski definition) is 0. The standard InChI is InChI=1S/C19H20ClN3OS/c1-3-13-4-6-14(7-5-13)15-12(2)25-18-16(15)17(21-19(20)22-18)23-8-10-24-11-9-23/h4-7H,3,8-11H2,1-2H3. The van der Waals surface area contributed by atoms with Crippen LogP contribution in [-0.2, 0) is 11.2 Å². The van der Waals surface area contributed by atoms with Crippen LogP contribution in [0.3, 0.4) is 0 Å². The van der Waals surface area contributed by atoms with E-state index in [4.69, 9.17) is 16.3 Å². The highest BCUT2D eigenvalue weighted by Crippen LogP contribution is 2.42. The molecule has 3 aromatic rings. The second-order valence-electron chi connectivity index (χ2n) is 6.18. The van der Waals surface area contributed by atoms with Gasteiger partial charge in [-0.2, -0.15) is 4.98 Å². The lowest BCUT2D eigenvalue weighted by Gasteiger charge is -2.28. The molecular weight excluding hydrogens is 354 g/mol. The van der Waals surface area contributed by atoms with Crippen LogP contribution in [0.4, 0.5) is 5.82 Å². The van der Waals surface area contributed by atoms with Crippen molar-refractivity contribution in [2.75, 3.05) is 31.2 Å². The van der Waals surface area contributed by atoms with Gasteiger partial charge in [0, 0.05) is 23.5 Å². The minimum atomic E-state index is 0.308. The zero-order valence-electron chi connectivity index (χ0n) is 14.4. The Morgan fingerprint density at radius 3 is 2.56 bits per heavy atom. The third-order valence-corrected chi connectivity index (χ3v) is 5.81. The van der Waals surface area contributed by atoms with Gasteiger partial charge in [0.05, 0.1) is 18.6 Å². The molecule has 25 heavy (non-hydrogen) atoms. The average Bonchev–Trinajstić information content (AvgIpc) is 2.97. The smallest absolute Gasteiger partial charge is 0.225 e. The summed E-state index contributed by atoms with van der Waals surface area (Å²) in [6, 6.07) is 8.79. The largest absolute Gasteiger partial charge is 0.378 e. The van der Waals surface area contributed by atoms with E-state index in [9.17, 15) is 0 Å². The third kappa shape index (κ3) is 3.12. The molecule has 1 aromatic carbocycles. The lowest BCUT2D eigenvalue weighted by Crippen LogP contribution is -2.37. The summed E-state index contributed by atoms with van der Waals surface area (Å²) in [6.07, 6.45) is 1.04. The summed E-state index contributed by atoms with van der Waals surface area (Å²) >= 11 is 7.90. The number of nitrogens with zero attached hydrogens (tertiary/aromatic N) is 3. The van der Waals surface area contributed by atoms with Crippen molar-refractivity contribution < 1.29 is 4.74 Å². The number of aryl methyl sites for hydroxylation is 2. The van der Waals surface area contributed by atoms with Crippen LogP contribution in [0.25, 0.3) is 21.3 Å². The monoisotopic (exact) mass is 373 g/mol. The van der Waals surface area contributed by atoms with E-state index in [1.807, 2.05) is 0 Å². The summed E-state index contributed by atoms with van der Waals surface area (Å²) in [5.74, 6) is 0.928. The number of ether oxygens (including phenoxy) is 1. The van der Waals surface area contributed by atoms with Gasteiger partial charge >= 0.3 is 0 Å². The SMILES string of the molecule is CCc1ccc(-c2c(C)sc3nc(Cl)nc(N4CCOCC4)c23)cc1. The molecule has 0 aliphatic carbocycles. The summed E-state index contributed by atoms with van der Waals surface area (Å²) in [7, 11) is 0. The fourth-order valence-electron chi connectivity index (χ4n) is 3.33. The first kappa shape index (κ1) is 16.8. The molecule has 0 atom stereocenters. The van der Waals surface area contributed by atoms with Crippen molar-refractivity contribution in [2.45, 2.75) is 20.3 Å². The van der Waals surface area contributed by atoms with Crippen molar-refractivity contribution in [3.63, 3.8) is 0 Å². The highest BCUT2D eigenvalue weighted by molar-refractivity contribution is 7.19. The lowest BCUT2D eigenvalue weighted by atomic mass is 10.0. The first-order valence-corrected chi connectivity index (χ1v) is 9.75. The molecule has 6 heteroatoms. The van der Waals surface area contributed by atoms with Gasteiger partial charge in [-0.05, 0) is 36.1 Å². The molecule has 3 heterocycles. The molecular formula is C19H20ClN3OS. The predicted molar refractivity (Wildman–Crippen MR) is 105 cm³/mol. The summed E-state index contributed by atoms with van der Waals surface area (Å²) in [5.41, 5.74) is 3.77. The molecule has 1 saturated heterocycles. The summed E-state index contributed by atoms with van der Waals surface area (Å²) in [6.45, 7) is 7.40. The molecule has 4 nitrogen and oxygen atoms in total. The topological polar surface area (TPSA) is 38.2 Å². The molecule has 0 N–H and O–H groups in total. The van der Waals surface area contributed by atoms with Gasteiger partial charge in [-0.25, -0.2) is 4.98 Å². The van der Waals surface area contributed by atoms with Crippen LogP contribution < -0.4 is 4.90 Å². The molecule has 1 aliphatic rings. The Kier molecular flexibility index (Phi) is 4.63. The van der Waals surface area contributed by atoms with E-state index in [0.29, 0.717) is 18.5 Å². The summed E-state index contributed by atoms with van der Waals surface area (Å²) < 4.78 is 5.49. The van der Waals surface area contributed by atoms with E-state index in [1.54, 1.807) is 11.3 Å². The molecule has 0 radical (unpaired) electrons. The molecule has 0 bridgehead atoms. The highest BCUT2D eigenvalue weighted by Gasteiger charge is 2.23. The van der Waals surface area contributed by atoms with E-state index in [0.717, 1.165) is 35.5 Å². The van der Waals surface area contributed by atoms with Crippen LogP contribution in [-0.4, -0.2) is 36.3 Å². The first-order valence-electron chi connectivity index (χ1n) is 8.56. The van der Waals surface area contributed by atoms with Gasteiger partial charge in [-0.3, -0.25) is 0 Å². The number of aromatic nitrogens is 2. The number of rotatable bonds is 3. The van der Waals surface area contributed by atoms with E-state index in [-0.39, 0.29) is 0 Å². The van der Waals surface area contributed by atoms with E-state index in [2.05, 4.69) is 53.0 Å². The molecule has 2 aromatic heterocycles. The molecule has 1 fully saturated rings. The predicted octanol–water partition coefficient (Wildman–Crippen LogP) is 4.72. The van der Waals surface area contributed by atoms with Crippen molar-refractivity contribution in [3.8, 4) is 11.1 Å². The normalized spacial score (nSPS) is 15.1. The van der Waals surface area contributed by atoms with Crippen molar-refractivity contribution in [1.29, 1.82) is 0 Å². The van der Waals surface area contributed by atoms with Gasteiger partial charge < -0.3 is 9.64 Å². The Morgan fingerprint density at radius 2 is 1.88 bits per heavy atom. The van der Waals surface area contributed by atoms with Crippen molar-refractivity contribution in [3.05, 3.63) is 40.0 Å². The molecule has 0 unspecified atom stereocenters. The van der Waals surface area contributed by atoms with Gasteiger partial charge in [-0.15, -0.1) is 11.3 Å². The molecule has 0 amide bonds. The maximum atomic E-state index is 6.22. The van der Waals surface area contributed by atoms with Crippen LogP contribution >= 0.6 is 22.9 Å². The number of halogens is 1. The number of benzene rings is 1. The van der Waals surface area contributed by atoms with Gasteiger partial charge in [0.1, 0.15) is 10.6 Å². The number of thiophene rings is 1. The number of hydrogen-bond acceptors (Lipinski definition) is 5. The second-order valence-corrected chi connectivity index (χ2v) is 7.72. The quantitative estimate of drug-likeness (QED) is 0.622. The lowest BCUT2D eigenvalue weighted by molar-refractivity contribution is 0.122. The minimum absolute atomic E-state index is 0.308. The Labute approximate surface area is 156 Å². The molecule has 4 rings (SSSR count). The van der Waals surface area contributed by atoms with Crippen LogP contribution in [0.5, 0.6) is 0 Å². The first-order chi connectivity index (χ1) is 12.2. The fourth-order valence-corrected chi connectivity index (χ4v) is 4.58. The Hall–Kier alpha value is -1.69. The van der Waals surface area contributed by atoms with Crippen LogP contribution in [0.1, 0.15) is 17.4 Å². The number of anilines is 1. The zero-order valence-corrected chi connectivity index (χ0v) is 16.0. The zero-order chi connectivity index (χ0) is 17.4. The van der Waals surface area contributed by atoms with E-state index in [1.165, 1.54) is 21.6 Å². The molecule has 0 spiro atoms. The molecule has 1 aliphatic heterocycles. The van der Waals surface area contributed by atoms with Gasteiger partial charge in [0.2, 0.25) is 5.28 Å². The van der Waals surface area contributed by atoms with Gasteiger partial charge in [0.25, 0.3) is 0 Å². The minimum Gasteiger partial charge on any atom is -0.378 e. The van der Waals surface area contributed by atoms with Crippen molar-refractivity contribution >= 4 is 39.0 Å². The number of morpholine rings is 1. The van der Waals surface area contributed by atoms with Gasteiger partial charge in [0.15, 0.2) is 0 Å². The second kappa shape index (κ2) is 6.90. The van der Waals surface area contributed by atoms with Crippen LogP contribution in [0.2, 0.25) is 5.28 Å². The fraction of sp³-hybridized carbons (Fsp3) is 0.368. The Bertz CT molecular complexity index is 901. The Morgan fingerprint density at radius 1 is 1.16 bits per heavy atom. The maximum absolute atomic E-state index is 6.22. The summed E-state index contributed by atoms with van der Waals surface area (Å²) in [5, 5.41) is 1.42. The van der Waals surface area contributed by atoms with E-state index < -0.39 is 0 Å². The highest BCUT2D eigenvalue weighted by atomic mass is 35.5. The Balaban J connectivity index is 1.92. The third-order valence-electron chi connectivity index (χ3n) is 4.64. The number of fused-ring (bicyclic) bond motifs is 1. The maximum Gasteiger partial charge on any atom is 0.225 e. The van der Waals surface area contributed by atoms with Crippen LogP contribution in [0.15, 0.2) is 24.3 Å². The van der Waals surface area contributed by atoms with E-state index >= 15 is 0 Å². The van der Waals surface area contributed by atoms with Gasteiger partial charge in [-0.1, -0.05) is 31.2 Å². The van der Waals surface area contributed by atoms with Crippen molar-refractivity contribution in [2.24, 2.45) is 0 Å². The molecule has 0 saturated carbocycles. The molecule has 130 valence electrons. The summed E-state index contributed by atoms with van der Waals surface area (Å²) in [4.78, 5) is 13.5. The van der Waals surface area contributed by atoms with Crippen LogP contribution in [0, 0.1) is 6.92 Å². The average molecular weight is 374 g/mol. The van der Waals surface area contributed by atoms with Crippen molar-refractivity contribution in [1.82, 2.24) is 9.97 Å².